The van der Waals surface area contributed by atoms with Gasteiger partial charge in [0.2, 0.25) is 11.0 Å². The molecule has 6 nitrogen and oxygen atoms in total. The lowest BCUT2D eigenvalue weighted by atomic mass is 9.87. The fourth-order valence-electron chi connectivity index (χ4n) is 6.17. The molecule has 7 rings (SSSR count). The topological polar surface area (TPSA) is 78.3 Å². The van der Waals surface area contributed by atoms with Gasteiger partial charge in [-0.15, -0.1) is 0 Å². The summed E-state index contributed by atoms with van der Waals surface area (Å²) in [5, 5.41) is 20.6. The quantitative estimate of drug-likeness (QED) is 0.191. The number of nitrogens with zero attached hydrogens (tertiary/aromatic N) is 6. The van der Waals surface area contributed by atoms with Gasteiger partial charge in [-0.3, -0.25) is 0 Å². The van der Waals surface area contributed by atoms with Gasteiger partial charge in [-0.05, 0) is 105 Å². The summed E-state index contributed by atoms with van der Waals surface area (Å²) in [6, 6.07) is 41.2. The molecule has 0 atom stereocenters. The van der Waals surface area contributed by atoms with Crippen molar-refractivity contribution in [3.8, 4) is 12.1 Å². The van der Waals surface area contributed by atoms with Crippen LogP contribution in [0.4, 0.5) is 22.7 Å². The minimum absolute atomic E-state index is 0.0224. The van der Waals surface area contributed by atoms with E-state index in [1.54, 1.807) is 0 Å². The van der Waals surface area contributed by atoms with Crippen LogP contribution in [0.3, 0.4) is 0 Å². The van der Waals surface area contributed by atoms with Crippen LogP contribution in [0.2, 0.25) is 0 Å². The monoisotopic (exact) mass is 624 g/mol. The minimum atomic E-state index is 0.0224. The van der Waals surface area contributed by atoms with Crippen LogP contribution >= 0.6 is 0 Å². The van der Waals surface area contributed by atoms with Crippen molar-refractivity contribution in [2.45, 2.75) is 52.4 Å². The summed E-state index contributed by atoms with van der Waals surface area (Å²) >= 11 is 0. The van der Waals surface area contributed by atoms with Crippen LogP contribution in [0, 0.1) is 22.7 Å². The highest BCUT2D eigenvalue weighted by Gasteiger charge is 2.36. The van der Waals surface area contributed by atoms with Crippen LogP contribution in [0.25, 0.3) is 0 Å². The zero-order chi connectivity index (χ0) is 33.8. The summed E-state index contributed by atoms with van der Waals surface area (Å²) in [7, 11) is 0. The van der Waals surface area contributed by atoms with Crippen molar-refractivity contribution < 1.29 is 0 Å². The molecule has 0 amide bonds. The maximum Gasteiger partial charge on any atom is 0.336 e. The third-order valence-corrected chi connectivity index (χ3v) is 8.96. The molecule has 0 bridgehead atoms. The van der Waals surface area contributed by atoms with Crippen LogP contribution in [0.5, 0.6) is 0 Å². The molecule has 0 fully saturated rings. The number of hydrogen-bond donors (Lipinski definition) is 0. The lowest BCUT2D eigenvalue weighted by Crippen LogP contribution is -2.29. The first-order chi connectivity index (χ1) is 22.9. The smallest absolute Gasteiger partial charge is 0.192 e. The number of amidine groups is 2. The summed E-state index contributed by atoms with van der Waals surface area (Å²) < 4.78 is 4.40. The predicted octanol–water partition coefficient (Wildman–Crippen LogP) is 7.85. The molecule has 5 aromatic rings. The van der Waals surface area contributed by atoms with Gasteiger partial charge in [-0.1, -0.05) is 65.8 Å². The van der Waals surface area contributed by atoms with E-state index in [-0.39, 0.29) is 10.8 Å². The zero-order valence-electron chi connectivity index (χ0n) is 28.1. The highest BCUT2D eigenvalue weighted by atomic mass is 15.2. The Morgan fingerprint density at radius 1 is 0.542 bits per heavy atom. The third kappa shape index (κ3) is 5.42. The van der Waals surface area contributed by atoms with Crippen molar-refractivity contribution in [1.82, 2.24) is 9.15 Å². The van der Waals surface area contributed by atoms with E-state index in [0.29, 0.717) is 11.1 Å². The Bertz CT molecular complexity index is 2370. The fraction of sp³-hybridized carbons (Fsp3) is 0.190. The second-order valence-corrected chi connectivity index (χ2v) is 14.3. The maximum atomic E-state index is 9.43. The van der Waals surface area contributed by atoms with E-state index in [0.717, 1.165) is 56.3 Å². The molecule has 5 aromatic carbocycles. The minimum Gasteiger partial charge on any atom is -0.192 e. The Kier molecular flexibility index (Phi) is 7.26. The van der Waals surface area contributed by atoms with Crippen LogP contribution < -0.4 is 19.9 Å². The second-order valence-electron chi connectivity index (χ2n) is 14.3. The summed E-state index contributed by atoms with van der Waals surface area (Å²) in [5.74, 6) is 1.58. The van der Waals surface area contributed by atoms with E-state index in [2.05, 4.69) is 123 Å². The van der Waals surface area contributed by atoms with E-state index >= 15 is 0 Å². The Hall–Kier alpha value is -5.98. The first-order valence-corrected chi connectivity index (χ1v) is 16.1. The van der Waals surface area contributed by atoms with Crippen molar-refractivity contribution >= 4 is 34.4 Å². The Morgan fingerprint density at radius 3 is 1.50 bits per heavy atom. The Balaban J connectivity index is 1.47. The van der Waals surface area contributed by atoms with Gasteiger partial charge in [0.05, 0.1) is 34.4 Å². The standard InChI is InChI=1S/C42H36N6/c1-41(2,3)31-15-19-33(20-16-31)47-37-24-38-36(23-35(37)45-39(47)29-11-7-27(25-43)8-12-29)46-40(30-13-9-28(26-44)10-14-30)48(38)34-21-17-32(18-22-34)42(4,5)6/h7-24H,1-6H3/q+2. The molecule has 0 unspecified atom stereocenters. The number of rotatable bonds is 4. The normalized spacial score (nSPS) is 13.8. The van der Waals surface area contributed by atoms with Crippen LogP contribution in [0.1, 0.15) is 74.9 Å². The molecular formula is C42H36N6+2. The highest BCUT2D eigenvalue weighted by Crippen LogP contribution is 2.30. The van der Waals surface area contributed by atoms with E-state index in [1.807, 2.05) is 48.5 Å². The van der Waals surface area contributed by atoms with Gasteiger partial charge in [-0.25, -0.2) is 0 Å². The van der Waals surface area contributed by atoms with Gasteiger partial charge >= 0.3 is 11.7 Å². The number of aliphatic imine (C=N–C) groups is 1. The van der Waals surface area contributed by atoms with Crippen LogP contribution in [0.15, 0.2) is 119 Å². The lowest BCUT2D eigenvalue weighted by molar-refractivity contribution is 0.590. The van der Waals surface area contributed by atoms with Crippen molar-refractivity contribution in [2.24, 2.45) is 9.98 Å². The molecule has 0 saturated carbocycles. The summed E-state index contributed by atoms with van der Waals surface area (Å²) in [5.41, 5.74) is 9.36. The molecule has 0 N–H and O–H groups in total. The largest absolute Gasteiger partial charge is 0.336 e. The first-order valence-electron chi connectivity index (χ1n) is 16.1. The molecule has 0 saturated heterocycles. The number of benzene rings is 5. The third-order valence-electron chi connectivity index (χ3n) is 8.96. The Labute approximate surface area is 281 Å². The highest BCUT2D eigenvalue weighted by molar-refractivity contribution is 6.07. The molecule has 0 radical (unpaired) electrons. The van der Waals surface area contributed by atoms with Gasteiger partial charge in [0.15, 0.2) is 11.0 Å². The summed E-state index contributed by atoms with van der Waals surface area (Å²) in [6.45, 7) is 13.3. The molecular weight excluding hydrogens is 589 g/mol. The molecule has 0 aromatic heterocycles. The van der Waals surface area contributed by atoms with Gasteiger partial charge in [0.1, 0.15) is 11.4 Å². The number of hydrogen-bond acceptors (Lipinski definition) is 4. The maximum absolute atomic E-state index is 9.43. The van der Waals surface area contributed by atoms with Gasteiger partial charge in [-0.2, -0.15) is 19.7 Å². The fourth-order valence-corrected chi connectivity index (χ4v) is 6.17. The van der Waals surface area contributed by atoms with E-state index in [4.69, 9.17) is 9.98 Å². The van der Waals surface area contributed by atoms with Crippen molar-refractivity contribution in [2.75, 3.05) is 0 Å². The summed E-state index contributed by atoms with van der Waals surface area (Å²) in [4.78, 5) is 10.4. The van der Waals surface area contributed by atoms with E-state index in [9.17, 15) is 10.5 Å². The average molecular weight is 625 g/mol. The second kappa shape index (κ2) is 11.4. The molecule has 232 valence electrons. The van der Waals surface area contributed by atoms with Crippen LogP contribution in [-0.2, 0) is 10.8 Å². The number of fused-ring (bicyclic) bond motifs is 2. The van der Waals surface area contributed by atoms with Crippen molar-refractivity contribution in [3.05, 3.63) is 153 Å². The zero-order valence-corrected chi connectivity index (χ0v) is 28.1. The lowest BCUT2D eigenvalue weighted by Gasteiger charge is -2.19. The molecule has 48 heavy (non-hydrogen) atoms. The molecule has 2 aliphatic rings. The molecule has 0 spiro atoms. The van der Waals surface area contributed by atoms with E-state index in [1.165, 1.54) is 11.1 Å². The predicted molar refractivity (Wildman–Crippen MR) is 192 cm³/mol. The van der Waals surface area contributed by atoms with Gasteiger partial charge < -0.3 is 0 Å². The van der Waals surface area contributed by atoms with Gasteiger partial charge in [0, 0.05) is 12.1 Å². The number of nitriles is 2. The van der Waals surface area contributed by atoms with Crippen LogP contribution in [-0.4, -0.2) is 11.7 Å². The van der Waals surface area contributed by atoms with Crippen molar-refractivity contribution in [1.29, 1.82) is 10.5 Å². The SMILES string of the molecule is CC(C)(C)c1ccc([N+]2=C(c3ccc(C#N)cc3)N=c3cc4c(cc32)=[N+](c2ccc(C(C)(C)C)cc2)C(c2ccc(C#N)cc2)=N4)cc1. The molecule has 2 heterocycles. The summed E-state index contributed by atoms with van der Waals surface area (Å²) in [6.07, 6.45) is 0. The van der Waals surface area contributed by atoms with Gasteiger partial charge in [0.25, 0.3) is 0 Å². The molecule has 6 heteroatoms. The molecule has 2 aliphatic heterocycles. The Morgan fingerprint density at radius 2 is 1.02 bits per heavy atom. The van der Waals surface area contributed by atoms with Crippen molar-refractivity contribution in [3.63, 3.8) is 0 Å². The molecule has 0 aliphatic carbocycles. The first kappa shape index (κ1) is 30.7. The van der Waals surface area contributed by atoms with E-state index < -0.39 is 0 Å². The average Bonchev–Trinajstić information content (AvgIpc) is 3.64.